The van der Waals surface area contributed by atoms with Gasteiger partial charge in [-0.25, -0.2) is 4.79 Å². The van der Waals surface area contributed by atoms with Crippen LogP contribution < -0.4 is 0 Å². The maximum absolute atomic E-state index is 11.3. The molecule has 0 saturated carbocycles. The third-order valence-electron chi connectivity index (χ3n) is 1.78. The van der Waals surface area contributed by atoms with Gasteiger partial charge in [-0.1, -0.05) is 6.92 Å². The molecule has 0 N–H and O–H groups in total. The highest BCUT2D eigenvalue weighted by atomic mass is 35.5. The van der Waals surface area contributed by atoms with E-state index in [2.05, 4.69) is 0 Å². The van der Waals surface area contributed by atoms with Gasteiger partial charge in [0.05, 0.1) is 12.2 Å². The van der Waals surface area contributed by atoms with Crippen LogP contribution in [-0.4, -0.2) is 17.8 Å². The molecule has 0 heterocycles. The molecule has 0 atom stereocenters. The largest absolute Gasteiger partial charge is 0.462 e. The van der Waals surface area contributed by atoms with Crippen molar-refractivity contribution >= 4 is 22.8 Å². The maximum Gasteiger partial charge on any atom is 0.338 e. The summed E-state index contributed by atoms with van der Waals surface area (Å²) in [7, 11) is 0. The first-order valence-corrected chi connectivity index (χ1v) is 5.00. The third-order valence-corrected chi connectivity index (χ3v) is 2.00. The number of ether oxygens (including phenoxy) is 1. The first kappa shape index (κ1) is 11.7. The lowest BCUT2D eigenvalue weighted by Gasteiger charge is -2.02. The average Bonchev–Trinajstić information content (AvgIpc) is 2.26. The predicted molar refractivity (Wildman–Crippen MR) is 57.2 cm³/mol. The number of hydrogen-bond donors (Lipinski definition) is 0. The summed E-state index contributed by atoms with van der Waals surface area (Å²) in [5.41, 5.74) is 0.786. The topological polar surface area (TPSA) is 43.4 Å². The van der Waals surface area contributed by atoms with Crippen molar-refractivity contribution in [3.63, 3.8) is 0 Å². The second kappa shape index (κ2) is 5.51. The van der Waals surface area contributed by atoms with E-state index in [9.17, 15) is 9.59 Å². The van der Waals surface area contributed by atoms with Gasteiger partial charge >= 0.3 is 5.97 Å². The Labute approximate surface area is 93.0 Å². The van der Waals surface area contributed by atoms with Crippen molar-refractivity contribution in [1.29, 1.82) is 0 Å². The van der Waals surface area contributed by atoms with Crippen LogP contribution in [0.15, 0.2) is 24.3 Å². The zero-order valence-electron chi connectivity index (χ0n) is 8.33. The van der Waals surface area contributed by atoms with Gasteiger partial charge in [-0.2, -0.15) is 0 Å². The number of carbonyl (C=O) groups is 2. The smallest absolute Gasteiger partial charge is 0.338 e. The van der Waals surface area contributed by atoms with E-state index in [0.717, 1.165) is 6.42 Å². The van der Waals surface area contributed by atoms with Crippen LogP contribution in [0.1, 0.15) is 34.1 Å². The van der Waals surface area contributed by atoms with Crippen molar-refractivity contribution in [2.24, 2.45) is 0 Å². The fourth-order valence-corrected chi connectivity index (χ4v) is 1.14. The Morgan fingerprint density at radius 2 is 1.73 bits per heavy atom. The van der Waals surface area contributed by atoms with Crippen molar-refractivity contribution in [2.75, 3.05) is 6.61 Å². The molecule has 80 valence electrons. The number of carbonyl (C=O) groups excluding carboxylic acids is 2. The molecule has 0 radical (unpaired) electrons. The maximum atomic E-state index is 11.3. The molecule has 0 aromatic heterocycles. The molecule has 1 aromatic carbocycles. The van der Waals surface area contributed by atoms with Crippen LogP contribution in [0.2, 0.25) is 0 Å². The Bertz CT molecular complexity index is 357. The lowest BCUT2D eigenvalue weighted by Crippen LogP contribution is -2.05. The molecule has 15 heavy (non-hydrogen) atoms. The second-order valence-electron chi connectivity index (χ2n) is 2.99. The van der Waals surface area contributed by atoms with E-state index in [1.165, 1.54) is 24.3 Å². The lowest BCUT2D eigenvalue weighted by atomic mass is 10.1. The SMILES string of the molecule is CCCOC(=O)c1ccc(C(=O)Cl)cc1. The van der Waals surface area contributed by atoms with Crippen molar-refractivity contribution in [1.82, 2.24) is 0 Å². The highest BCUT2D eigenvalue weighted by Gasteiger charge is 2.07. The lowest BCUT2D eigenvalue weighted by molar-refractivity contribution is 0.0505. The van der Waals surface area contributed by atoms with Gasteiger partial charge in [0.1, 0.15) is 0 Å². The van der Waals surface area contributed by atoms with Gasteiger partial charge in [0.15, 0.2) is 0 Å². The van der Waals surface area contributed by atoms with Crippen molar-refractivity contribution in [2.45, 2.75) is 13.3 Å². The zero-order valence-corrected chi connectivity index (χ0v) is 9.08. The van der Waals surface area contributed by atoms with Crippen LogP contribution in [0.25, 0.3) is 0 Å². The Morgan fingerprint density at radius 1 is 1.20 bits per heavy atom. The Morgan fingerprint density at radius 3 is 2.20 bits per heavy atom. The molecular weight excluding hydrogens is 216 g/mol. The average molecular weight is 227 g/mol. The number of hydrogen-bond acceptors (Lipinski definition) is 3. The van der Waals surface area contributed by atoms with Crippen LogP contribution >= 0.6 is 11.6 Å². The van der Waals surface area contributed by atoms with Crippen LogP contribution in [0.3, 0.4) is 0 Å². The fourth-order valence-electron chi connectivity index (χ4n) is 1.02. The molecule has 1 aromatic rings. The van der Waals surface area contributed by atoms with Gasteiger partial charge in [-0.3, -0.25) is 4.79 Å². The Balaban J connectivity index is 2.71. The standard InChI is InChI=1S/C11H11ClO3/c1-2-7-15-11(14)9-5-3-8(4-6-9)10(12)13/h3-6H,2,7H2,1H3. The van der Waals surface area contributed by atoms with Crippen LogP contribution in [-0.2, 0) is 4.74 Å². The quantitative estimate of drug-likeness (QED) is 0.586. The van der Waals surface area contributed by atoms with E-state index in [1.54, 1.807) is 0 Å². The second-order valence-corrected chi connectivity index (χ2v) is 3.33. The highest BCUT2D eigenvalue weighted by molar-refractivity contribution is 6.67. The monoisotopic (exact) mass is 226 g/mol. The van der Waals surface area contributed by atoms with Gasteiger partial charge < -0.3 is 4.74 Å². The highest BCUT2D eigenvalue weighted by Crippen LogP contribution is 2.08. The van der Waals surface area contributed by atoms with Crippen LogP contribution in [0.4, 0.5) is 0 Å². The predicted octanol–water partition coefficient (Wildman–Crippen LogP) is 2.63. The molecule has 0 bridgehead atoms. The number of esters is 1. The minimum atomic E-state index is -0.538. The molecule has 0 saturated heterocycles. The van der Waals surface area contributed by atoms with Crippen molar-refractivity contribution in [3.8, 4) is 0 Å². The summed E-state index contributed by atoms with van der Waals surface area (Å²) in [5.74, 6) is -0.384. The van der Waals surface area contributed by atoms with E-state index in [1.807, 2.05) is 6.92 Å². The molecule has 0 amide bonds. The molecule has 0 aliphatic carbocycles. The fraction of sp³-hybridized carbons (Fsp3) is 0.273. The summed E-state index contributed by atoms with van der Waals surface area (Å²) in [6.45, 7) is 2.32. The van der Waals surface area contributed by atoms with E-state index in [0.29, 0.717) is 17.7 Å². The first-order valence-electron chi connectivity index (χ1n) is 4.62. The molecule has 0 fully saturated rings. The molecule has 4 heteroatoms. The first-order chi connectivity index (χ1) is 7.15. The third kappa shape index (κ3) is 3.36. The van der Waals surface area contributed by atoms with Gasteiger partial charge in [0, 0.05) is 5.56 Å². The minimum absolute atomic E-state index is 0.365. The van der Waals surface area contributed by atoms with E-state index >= 15 is 0 Å². The summed E-state index contributed by atoms with van der Waals surface area (Å²) < 4.78 is 4.92. The van der Waals surface area contributed by atoms with Gasteiger partial charge in [0.25, 0.3) is 5.24 Å². The molecule has 1 rings (SSSR count). The molecule has 0 aliphatic heterocycles. The molecule has 0 spiro atoms. The number of benzene rings is 1. The summed E-state index contributed by atoms with van der Waals surface area (Å²) in [6.07, 6.45) is 0.782. The number of halogens is 1. The van der Waals surface area contributed by atoms with Gasteiger partial charge in [-0.15, -0.1) is 0 Å². The molecule has 0 unspecified atom stereocenters. The van der Waals surface area contributed by atoms with E-state index in [4.69, 9.17) is 16.3 Å². The van der Waals surface area contributed by atoms with Crippen LogP contribution in [0.5, 0.6) is 0 Å². The number of rotatable bonds is 4. The van der Waals surface area contributed by atoms with E-state index in [-0.39, 0.29) is 5.97 Å². The minimum Gasteiger partial charge on any atom is -0.462 e. The van der Waals surface area contributed by atoms with Gasteiger partial charge in [-0.05, 0) is 42.3 Å². The zero-order chi connectivity index (χ0) is 11.3. The van der Waals surface area contributed by atoms with Gasteiger partial charge in [0.2, 0.25) is 0 Å². The van der Waals surface area contributed by atoms with E-state index < -0.39 is 5.24 Å². The summed E-state index contributed by atoms with van der Waals surface area (Å²) in [6, 6.07) is 6.04. The molecule has 3 nitrogen and oxygen atoms in total. The Kier molecular flexibility index (Phi) is 4.31. The molecule has 0 aliphatic rings. The summed E-state index contributed by atoms with van der Waals surface area (Å²) >= 11 is 5.26. The van der Waals surface area contributed by atoms with Crippen molar-refractivity contribution < 1.29 is 14.3 Å². The van der Waals surface area contributed by atoms with Crippen molar-refractivity contribution in [3.05, 3.63) is 35.4 Å². The van der Waals surface area contributed by atoms with Crippen LogP contribution in [0, 0.1) is 0 Å². The summed E-state index contributed by atoms with van der Waals surface area (Å²) in [4.78, 5) is 22.1. The Hall–Kier alpha value is -1.35. The molecular formula is C11H11ClO3. The summed E-state index contributed by atoms with van der Waals surface area (Å²) in [5, 5.41) is -0.538. The normalized spacial score (nSPS) is 9.73.